The summed E-state index contributed by atoms with van der Waals surface area (Å²) < 4.78 is 6.63. The summed E-state index contributed by atoms with van der Waals surface area (Å²) in [5, 5.41) is 7.62. The van der Waals surface area contributed by atoms with Gasteiger partial charge in [-0.2, -0.15) is 5.10 Å². The lowest BCUT2D eigenvalue weighted by atomic mass is 10.2. The number of esters is 1. The van der Waals surface area contributed by atoms with Crippen LogP contribution in [0.1, 0.15) is 33.3 Å². The van der Waals surface area contributed by atoms with Crippen molar-refractivity contribution in [1.82, 2.24) is 9.78 Å². The SMILES string of the molecule is CCOC(=O)c1cnn(-c2ccc(C(=O)Nc3cccc(Cl)c3Cl)cc2)c1C. The van der Waals surface area contributed by atoms with Crippen molar-refractivity contribution in [2.45, 2.75) is 13.8 Å². The lowest BCUT2D eigenvalue weighted by Crippen LogP contribution is -2.12. The summed E-state index contributed by atoms with van der Waals surface area (Å²) in [7, 11) is 0. The number of amides is 1. The number of carbonyl (C=O) groups is 2. The maximum absolute atomic E-state index is 12.5. The van der Waals surface area contributed by atoms with Crippen LogP contribution in [0.2, 0.25) is 10.0 Å². The van der Waals surface area contributed by atoms with Crippen LogP contribution < -0.4 is 5.32 Å². The number of halogens is 2. The van der Waals surface area contributed by atoms with Gasteiger partial charge in [-0.3, -0.25) is 4.79 Å². The number of nitrogens with one attached hydrogen (secondary N) is 1. The number of anilines is 1. The Hall–Kier alpha value is -2.83. The molecule has 0 saturated heterocycles. The van der Waals surface area contributed by atoms with Gasteiger partial charge in [0.1, 0.15) is 5.56 Å². The van der Waals surface area contributed by atoms with E-state index in [1.807, 2.05) is 0 Å². The van der Waals surface area contributed by atoms with Gasteiger partial charge in [0.25, 0.3) is 5.91 Å². The van der Waals surface area contributed by atoms with Gasteiger partial charge < -0.3 is 10.1 Å². The largest absolute Gasteiger partial charge is 0.462 e. The van der Waals surface area contributed by atoms with E-state index in [1.54, 1.807) is 61.0 Å². The molecule has 0 saturated carbocycles. The molecule has 1 N–H and O–H groups in total. The van der Waals surface area contributed by atoms with E-state index in [0.717, 1.165) is 0 Å². The Morgan fingerprint density at radius 2 is 1.86 bits per heavy atom. The number of benzene rings is 2. The first kappa shape index (κ1) is 19.9. The van der Waals surface area contributed by atoms with Crippen LogP contribution >= 0.6 is 23.2 Å². The molecular weight excluding hydrogens is 401 g/mol. The molecule has 2 aromatic carbocycles. The van der Waals surface area contributed by atoms with Gasteiger partial charge in [0.15, 0.2) is 0 Å². The fraction of sp³-hybridized carbons (Fsp3) is 0.150. The number of hydrogen-bond acceptors (Lipinski definition) is 4. The number of hydrogen-bond donors (Lipinski definition) is 1. The zero-order valence-electron chi connectivity index (χ0n) is 15.2. The minimum atomic E-state index is -0.416. The highest BCUT2D eigenvalue weighted by molar-refractivity contribution is 6.44. The molecule has 1 aromatic heterocycles. The van der Waals surface area contributed by atoms with E-state index in [9.17, 15) is 9.59 Å². The fourth-order valence-corrected chi connectivity index (χ4v) is 2.98. The molecule has 0 radical (unpaired) electrons. The molecule has 3 rings (SSSR count). The van der Waals surface area contributed by atoms with Crippen LogP contribution in [0, 0.1) is 6.92 Å². The fourth-order valence-electron chi connectivity index (χ4n) is 2.63. The van der Waals surface area contributed by atoms with E-state index < -0.39 is 5.97 Å². The molecule has 0 bridgehead atoms. The van der Waals surface area contributed by atoms with Crippen LogP contribution in [0.25, 0.3) is 5.69 Å². The molecule has 0 aliphatic heterocycles. The molecule has 0 atom stereocenters. The van der Waals surface area contributed by atoms with Crippen molar-refractivity contribution < 1.29 is 14.3 Å². The van der Waals surface area contributed by atoms with E-state index in [0.29, 0.717) is 39.8 Å². The molecule has 144 valence electrons. The van der Waals surface area contributed by atoms with Crippen molar-refractivity contribution in [3.63, 3.8) is 0 Å². The highest BCUT2D eigenvalue weighted by atomic mass is 35.5. The standard InChI is InChI=1S/C20H17Cl2N3O3/c1-3-28-20(27)15-11-23-25(12(15)2)14-9-7-13(8-10-14)19(26)24-17-6-4-5-16(21)18(17)22/h4-11H,3H2,1-2H3,(H,24,26). The summed E-state index contributed by atoms with van der Waals surface area (Å²) in [5.41, 5.74) is 2.64. The first-order valence-corrected chi connectivity index (χ1v) is 9.25. The quantitative estimate of drug-likeness (QED) is 0.598. The van der Waals surface area contributed by atoms with Crippen LogP contribution in [0.4, 0.5) is 5.69 Å². The molecule has 0 aliphatic carbocycles. The van der Waals surface area contributed by atoms with Crippen LogP contribution in [-0.2, 0) is 4.74 Å². The molecular formula is C20H17Cl2N3O3. The minimum Gasteiger partial charge on any atom is -0.462 e. The maximum atomic E-state index is 12.5. The summed E-state index contributed by atoms with van der Waals surface area (Å²) in [6, 6.07) is 11.8. The maximum Gasteiger partial charge on any atom is 0.341 e. The molecule has 0 unspecified atom stereocenters. The summed E-state index contributed by atoms with van der Waals surface area (Å²) in [4.78, 5) is 24.4. The number of rotatable bonds is 5. The summed E-state index contributed by atoms with van der Waals surface area (Å²) >= 11 is 12.1. The topological polar surface area (TPSA) is 73.2 Å². The Kier molecular flexibility index (Phi) is 6.02. The summed E-state index contributed by atoms with van der Waals surface area (Å²) in [6.45, 7) is 3.82. The van der Waals surface area contributed by atoms with E-state index in [2.05, 4.69) is 10.4 Å². The van der Waals surface area contributed by atoms with E-state index in [-0.39, 0.29) is 10.9 Å². The van der Waals surface area contributed by atoms with Crippen molar-refractivity contribution in [3.05, 3.63) is 75.5 Å². The highest BCUT2D eigenvalue weighted by Gasteiger charge is 2.16. The average molecular weight is 418 g/mol. The predicted octanol–water partition coefficient (Wildman–Crippen LogP) is 4.92. The van der Waals surface area contributed by atoms with E-state index in [1.165, 1.54) is 6.20 Å². The number of nitrogens with zero attached hydrogens (tertiary/aromatic N) is 2. The number of aromatic nitrogens is 2. The third kappa shape index (κ3) is 4.03. The van der Waals surface area contributed by atoms with Crippen molar-refractivity contribution >= 4 is 40.8 Å². The zero-order chi connectivity index (χ0) is 20.3. The highest BCUT2D eigenvalue weighted by Crippen LogP contribution is 2.29. The van der Waals surface area contributed by atoms with Gasteiger partial charge >= 0.3 is 5.97 Å². The molecule has 8 heteroatoms. The Bertz CT molecular complexity index is 1030. The second kappa shape index (κ2) is 8.46. The zero-order valence-corrected chi connectivity index (χ0v) is 16.7. The van der Waals surface area contributed by atoms with Crippen molar-refractivity contribution in [3.8, 4) is 5.69 Å². The summed E-state index contributed by atoms with van der Waals surface area (Å²) in [5.74, 6) is -0.735. The second-order valence-corrected chi connectivity index (χ2v) is 6.66. The third-order valence-corrected chi connectivity index (χ3v) is 4.90. The molecule has 1 heterocycles. The lowest BCUT2D eigenvalue weighted by molar-refractivity contribution is 0.0525. The van der Waals surface area contributed by atoms with Gasteiger partial charge in [0.05, 0.1) is 39.9 Å². The van der Waals surface area contributed by atoms with Crippen molar-refractivity contribution in [1.29, 1.82) is 0 Å². The lowest BCUT2D eigenvalue weighted by Gasteiger charge is -2.09. The number of carbonyl (C=O) groups excluding carboxylic acids is 2. The smallest absolute Gasteiger partial charge is 0.341 e. The molecule has 1 amide bonds. The molecule has 0 aliphatic rings. The van der Waals surface area contributed by atoms with E-state index in [4.69, 9.17) is 27.9 Å². The van der Waals surface area contributed by atoms with Crippen LogP contribution in [0.5, 0.6) is 0 Å². The molecule has 0 spiro atoms. The van der Waals surface area contributed by atoms with Gasteiger partial charge in [0, 0.05) is 5.56 Å². The van der Waals surface area contributed by atoms with Crippen molar-refractivity contribution in [2.24, 2.45) is 0 Å². The minimum absolute atomic E-state index is 0.285. The first-order valence-electron chi connectivity index (χ1n) is 8.50. The van der Waals surface area contributed by atoms with Crippen LogP contribution in [0.15, 0.2) is 48.7 Å². The predicted molar refractivity (Wildman–Crippen MR) is 109 cm³/mol. The van der Waals surface area contributed by atoms with E-state index >= 15 is 0 Å². The molecule has 6 nitrogen and oxygen atoms in total. The first-order chi connectivity index (χ1) is 13.4. The second-order valence-electron chi connectivity index (χ2n) is 5.88. The molecule has 0 fully saturated rings. The molecule has 3 aromatic rings. The Balaban J connectivity index is 1.79. The van der Waals surface area contributed by atoms with Gasteiger partial charge in [-0.05, 0) is 50.2 Å². The number of ether oxygens (including phenoxy) is 1. The van der Waals surface area contributed by atoms with Gasteiger partial charge in [-0.15, -0.1) is 0 Å². The normalized spacial score (nSPS) is 10.6. The van der Waals surface area contributed by atoms with Gasteiger partial charge in [-0.25, -0.2) is 9.48 Å². The van der Waals surface area contributed by atoms with Crippen LogP contribution in [0.3, 0.4) is 0 Å². The average Bonchev–Trinajstić information content (AvgIpc) is 3.07. The summed E-state index contributed by atoms with van der Waals surface area (Å²) in [6.07, 6.45) is 1.47. The van der Waals surface area contributed by atoms with Gasteiger partial charge in [-0.1, -0.05) is 29.3 Å². The molecule has 28 heavy (non-hydrogen) atoms. The third-order valence-electron chi connectivity index (χ3n) is 4.08. The Morgan fingerprint density at radius 3 is 2.54 bits per heavy atom. The Labute approximate surface area is 172 Å². The van der Waals surface area contributed by atoms with Crippen LogP contribution in [-0.4, -0.2) is 28.3 Å². The van der Waals surface area contributed by atoms with Gasteiger partial charge in [0.2, 0.25) is 0 Å². The monoisotopic (exact) mass is 417 g/mol. The Morgan fingerprint density at radius 1 is 1.14 bits per heavy atom. The van der Waals surface area contributed by atoms with Crippen molar-refractivity contribution in [2.75, 3.05) is 11.9 Å².